The molecule has 180 valence electrons. The third kappa shape index (κ3) is 5.41. The van der Waals surface area contributed by atoms with Gasteiger partial charge in [-0.05, 0) is 18.9 Å². The highest BCUT2D eigenvalue weighted by Crippen LogP contribution is 2.43. The Bertz CT molecular complexity index is 969. The van der Waals surface area contributed by atoms with Crippen LogP contribution < -0.4 is 10.2 Å². The van der Waals surface area contributed by atoms with Gasteiger partial charge in [0.25, 0.3) is 0 Å². The maximum Gasteiger partial charge on any atom is 0.490 e. The average Bonchev–Trinajstić information content (AvgIpc) is 3.36. The zero-order valence-corrected chi connectivity index (χ0v) is 18.3. The van der Waals surface area contributed by atoms with Gasteiger partial charge in [-0.25, -0.2) is 14.8 Å². The van der Waals surface area contributed by atoms with Gasteiger partial charge in [0.2, 0.25) is 11.9 Å². The summed E-state index contributed by atoms with van der Waals surface area (Å²) in [7, 11) is 3.66. The van der Waals surface area contributed by atoms with Crippen LogP contribution in [0.4, 0.5) is 19.1 Å². The molecule has 0 unspecified atom stereocenters. The highest BCUT2D eigenvalue weighted by atomic mass is 19.4. The fraction of sp³-hybridized carbons (Fsp3) is 0.550. The Morgan fingerprint density at radius 3 is 2.52 bits per heavy atom. The molecule has 0 bridgehead atoms. The van der Waals surface area contributed by atoms with E-state index in [0.717, 1.165) is 39.0 Å². The lowest BCUT2D eigenvalue weighted by atomic mass is 9.74. The molecule has 4 rings (SSSR count). The van der Waals surface area contributed by atoms with Crippen LogP contribution in [-0.2, 0) is 23.2 Å². The van der Waals surface area contributed by atoms with E-state index in [1.165, 1.54) is 5.56 Å². The molecule has 0 aromatic carbocycles. The lowest BCUT2D eigenvalue weighted by Crippen LogP contribution is -2.58. The third-order valence-electron chi connectivity index (χ3n) is 5.87. The number of nitrogens with zero attached hydrogens (tertiary/aromatic N) is 6. The van der Waals surface area contributed by atoms with E-state index in [1.807, 2.05) is 30.2 Å². The van der Waals surface area contributed by atoms with Crippen molar-refractivity contribution in [3.8, 4) is 0 Å². The molecule has 0 spiro atoms. The predicted molar refractivity (Wildman–Crippen MR) is 111 cm³/mol. The zero-order valence-electron chi connectivity index (χ0n) is 18.3. The Balaban J connectivity index is 0.000000383. The van der Waals surface area contributed by atoms with Gasteiger partial charge >= 0.3 is 12.1 Å². The summed E-state index contributed by atoms with van der Waals surface area (Å²) in [6.45, 7) is 3.25. The number of nitrogens with one attached hydrogen (secondary N) is 1. The van der Waals surface area contributed by atoms with Crippen LogP contribution in [-0.4, -0.2) is 80.5 Å². The van der Waals surface area contributed by atoms with E-state index in [9.17, 15) is 18.0 Å². The Hall–Kier alpha value is -3.22. The van der Waals surface area contributed by atoms with Gasteiger partial charge in [0.1, 0.15) is 0 Å². The fourth-order valence-electron chi connectivity index (χ4n) is 4.55. The number of aliphatic carboxylic acids is 1. The molecular weight excluding hydrogens is 443 g/mol. The minimum atomic E-state index is -5.08. The molecule has 2 saturated heterocycles. The molecule has 10 nitrogen and oxygen atoms in total. The van der Waals surface area contributed by atoms with Crippen LogP contribution >= 0.6 is 0 Å². The maximum absolute atomic E-state index is 12.9. The lowest BCUT2D eigenvalue weighted by molar-refractivity contribution is -0.192. The second-order valence-corrected chi connectivity index (χ2v) is 8.09. The standard InChI is InChI=1S/C18H25N7O.C2HF3O2/c1-19-16(26)18-5-3-8-25(17-20-6-4-7-21-17)15(18)12-24(13-18)11-14-9-22-23(2)10-14;3-2(4,5)1(6)7/h4,6-7,9-10,15H,3,5,8,11-13H2,1-2H3,(H,19,26);(H,6,7)/t15-,18-;/m1./s1. The van der Waals surface area contributed by atoms with Gasteiger partial charge in [-0.3, -0.25) is 14.4 Å². The SMILES string of the molecule is CNC(=O)[C@@]12CCCN(c3ncccn3)[C@@H]1CN(Cc1cnn(C)c1)C2.O=C(O)C(F)(F)F. The van der Waals surface area contributed by atoms with Crippen molar-refractivity contribution in [1.29, 1.82) is 0 Å². The van der Waals surface area contributed by atoms with Crippen LogP contribution in [0.2, 0.25) is 0 Å². The number of aromatic nitrogens is 4. The quantitative estimate of drug-likeness (QED) is 0.683. The molecule has 13 heteroatoms. The van der Waals surface area contributed by atoms with Crippen LogP contribution in [0.5, 0.6) is 0 Å². The molecule has 2 aliphatic heterocycles. The first-order chi connectivity index (χ1) is 15.6. The molecule has 2 atom stereocenters. The predicted octanol–water partition coefficient (Wildman–Crippen LogP) is 1.06. The lowest BCUT2D eigenvalue weighted by Gasteiger charge is -2.44. The molecule has 4 heterocycles. The number of likely N-dealkylation sites (tertiary alicyclic amines) is 1. The molecule has 2 aromatic heterocycles. The smallest absolute Gasteiger partial charge is 0.475 e. The van der Waals surface area contributed by atoms with Crippen molar-refractivity contribution >= 4 is 17.8 Å². The molecule has 33 heavy (non-hydrogen) atoms. The van der Waals surface area contributed by atoms with E-state index in [1.54, 1.807) is 19.4 Å². The summed E-state index contributed by atoms with van der Waals surface area (Å²) in [5.74, 6) is -1.92. The van der Waals surface area contributed by atoms with Gasteiger partial charge < -0.3 is 15.3 Å². The number of rotatable bonds is 4. The molecule has 0 radical (unpaired) electrons. The zero-order chi connectivity index (χ0) is 24.2. The number of hydrogen-bond donors (Lipinski definition) is 2. The Morgan fingerprint density at radius 1 is 1.30 bits per heavy atom. The van der Waals surface area contributed by atoms with E-state index in [4.69, 9.17) is 9.90 Å². The Kier molecular flexibility index (Phi) is 7.20. The first-order valence-electron chi connectivity index (χ1n) is 10.3. The molecule has 0 saturated carbocycles. The first kappa shape index (κ1) is 24.4. The van der Waals surface area contributed by atoms with E-state index in [0.29, 0.717) is 5.95 Å². The van der Waals surface area contributed by atoms with Crippen LogP contribution in [0.25, 0.3) is 0 Å². The van der Waals surface area contributed by atoms with E-state index in [2.05, 4.69) is 30.2 Å². The summed E-state index contributed by atoms with van der Waals surface area (Å²) in [6, 6.07) is 1.90. The van der Waals surface area contributed by atoms with Crippen molar-refractivity contribution < 1.29 is 27.9 Å². The molecule has 0 aliphatic carbocycles. The van der Waals surface area contributed by atoms with Crippen molar-refractivity contribution in [2.24, 2.45) is 12.5 Å². The summed E-state index contributed by atoms with van der Waals surface area (Å²) in [5, 5.41) is 14.3. The van der Waals surface area contributed by atoms with Gasteiger partial charge in [0.05, 0.1) is 17.7 Å². The third-order valence-corrected chi connectivity index (χ3v) is 5.87. The molecule has 2 fully saturated rings. The summed E-state index contributed by atoms with van der Waals surface area (Å²) in [5.41, 5.74) is 0.745. The summed E-state index contributed by atoms with van der Waals surface area (Å²) >= 11 is 0. The molecule has 1 amide bonds. The number of halogens is 3. The molecule has 2 aromatic rings. The summed E-state index contributed by atoms with van der Waals surface area (Å²) in [4.78, 5) is 35.3. The van der Waals surface area contributed by atoms with Crippen molar-refractivity contribution in [2.45, 2.75) is 31.6 Å². The van der Waals surface area contributed by atoms with Gasteiger partial charge in [0, 0.05) is 64.4 Å². The van der Waals surface area contributed by atoms with Gasteiger partial charge in [-0.15, -0.1) is 0 Å². The number of carbonyl (C=O) groups is 2. The summed E-state index contributed by atoms with van der Waals surface area (Å²) in [6.07, 6.45) is 4.23. The van der Waals surface area contributed by atoms with Crippen molar-refractivity contribution in [2.75, 3.05) is 31.6 Å². The van der Waals surface area contributed by atoms with Crippen molar-refractivity contribution in [3.05, 3.63) is 36.4 Å². The van der Waals surface area contributed by atoms with E-state index in [-0.39, 0.29) is 11.9 Å². The number of amides is 1. The minimum absolute atomic E-state index is 0.0790. The summed E-state index contributed by atoms with van der Waals surface area (Å²) < 4.78 is 33.6. The number of carbonyl (C=O) groups excluding carboxylic acids is 1. The monoisotopic (exact) mass is 469 g/mol. The average molecular weight is 469 g/mol. The van der Waals surface area contributed by atoms with Gasteiger partial charge in [0.15, 0.2) is 0 Å². The Labute approximate surface area is 188 Å². The number of piperidine rings is 1. The number of fused-ring (bicyclic) bond motifs is 1. The molecular formula is C20H26F3N7O3. The Morgan fingerprint density at radius 2 is 1.97 bits per heavy atom. The van der Waals surface area contributed by atoms with E-state index < -0.39 is 17.6 Å². The second kappa shape index (κ2) is 9.73. The minimum Gasteiger partial charge on any atom is -0.475 e. The van der Waals surface area contributed by atoms with Crippen LogP contribution in [0.1, 0.15) is 18.4 Å². The number of hydrogen-bond acceptors (Lipinski definition) is 7. The first-order valence-corrected chi connectivity index (χ1v) is 10.3. The highest BCUT2D eigenvalue weighted by Gasteiger charge is 2.56. The van der Waals surface area contributed by atoms with Crippen LogP contribution in [0.3, 0.4) is 0 Å². The normalized spacial score (nSPS) is 22.8. The molecule has 2 aliphatic rings. The van der Waals surface area contributed by atoms with Crippen LogP contribution in [0.15, 0.2) is 30.9 Å². The fourth-order valence-corrected chi connectivity index (χ4v) is 4.55. The highest BCUT2D eigenvalue weighted by molar-refractivity contribution is 5.85. The number of aryl methyl sites for hydroxylation is 1. The van der Waals surface area contributed by atoms with Crippen LogP contribution in [0, 0.1) is 5.41 Å². The molecule has 2 N–H and O–H groups in total. The number of carboxylic acid groups (broad SMARTS) is 1. The largest absolute Gasteiger partial charge is 0.490 e. The number of alkyl halides is 3. The van der Waals surface area contributed by atoms with Gasteiger partial charge in [-0.2, -0.15) is 18.3 Å². The van der Waals surface area contributed by atoms with E-state index >= 15 is 0 Å². The number of anilines is 1. The topological polar surface area (TPSA) is 116 Å². The maximum atomic E-state index is 12.9. The van der Waals surface area contributed by atoms with Crippen molar-refractivity contribution in [3.63, 3.8) is 0 Å². The van der Waals surface area contributed by atoms with Gasteiger partial charge in [-0.1, -0.05) is 0 Å². The number of carboxylic acids is 1. The second-order valence-electron chi connectivity index (χ2n) is 8.09. The van der Waals surface area contributed by atoms with Crippen molar-refractivity contribution in [1.82, 2.24) is 30.0 Å².